The highest BCUT2D eigenvalue weighted by molar-refractivity contribution is 6.32. The second-order valence-corrected chi connectivity index (χ2v) is 4.40. The maximum absolute atomic E-state index is 9.79. The summed E-state index contributed by atoms with van der Waals surface area (Å²) < 4.78 is 5.09. The van der Waals surface area contributed by atoms with E-state index >= 15 is 0 Å². The van der Waals surface area contributed by atoms with Gasteiger partial charge >= 0.3 is 0 Å². The van der Waals surface area contributed by atoms with Gasteiger partial charge < -0.3 is 14.9 Å². The van der Waals surface area contributed by atoms with E-state index in [4.69, 9.17) is 16.3 Å². The van der Waals surface area contributed by atoms with Crippen LogP contribution in [0.3, 0.4) is 0 Å². The van der Waals surface area contributed by atoms with Crippen LogP contribution in [0.15, 0.2) is 12.1 Å². The second-order valence-electron chi connectivity index (χ2n) is 3.99. The number of benzene rings is 1. The third-order valence-electron chi connectivity index (χ3n) is 2.71. The van der Waals surface area contributed by atoms with Crippen LogP contribution in [-0.4, -0.2) is 22.9 Å². The minimum atomic E-state index is -0.604. The molecule has 1 fully saturated rings. The van der Waals surface area contributed by atoms with Crippen molar-refractivity contribution in [3.05, 3.63) is 22.7 Å². The molecule has 2 rings (SSSR count). The first-order chi connectivity index (χ1) is 7.06. The minimum absolute atomic E-state index is 0.0547. The van der Waals surface area contributed by atoms with Crippen LogP contribution < -0.4 is 4.74 Å². The van der Waals surface area contributed by atoms with Crippen molar-refractivity contribution >= 4 is 11.6 Å². The molecular formula is C11H13ClO3. The van der Waals surface area contributed by atoms with Crippen molar-refractivity contribution in [2.75, 3.05) is 7.11 Å². The molecule has 0 radical (unpaired) electrons. The van der Waals surface area contributed by atoms with Gasteiger partial charge in [0.2, 0.25) is 0 Å². The predicted octanol–water partition coefficient (Wildman–Crippen LogP) is 2.12. The lowest BCUT2D eigenvalue weighted by atomic mass is 10.0. The van der Waals surface area contributed by atoms with Gasteiger partial charge in [-0.05, 0) is 18.9 Å². The van der Waals surface area contributed by atoms with E-state index in [0.717, 1.165) is 18.4 Å². The average molecular weight is 229 g/mol. The summed E-state index contributed by atoms with van der Waals surface area (Å²) >= 11 is 5.76. The summed E-state index contributed by atoms with van der Waals surface area (Å²) in [5, 5.41) is 19.7. The van der Waals surface area contributed by atoms with E-state index in [1.807, 2.05) is 0 Å². The van der Waals surface area contributed by atoms with Crippen LogP contribution in [0, 0.1) is 0 Å². The van der Waals surface area contributed by atoms with Crippen molar-refractivity contribution in [2.24, 2.45) is 0 Å². The molecule has 82 valence electrons. The summed E-state index contributed by atoms with van der Waals surface area (Å²) in [6.45, 7) is 0. The molecule has 3 nitrogen and oxygen atoms in total. The smallest absolute Gasteiger partial charge is 0.177 e. The lowest BCUT2D eigenvalue weighted by Gasteiger charge is -2.13. The van der Waals surface area contributed by atoms with Gasteiger partial charge in [0.25, 0.3) is 0 Å². The highest BCUT2D eigenvalue weighted by Gasteiger charge is 2.41. The summed E-state index contributed by atoms with van der Waals surface area (Å²) in [7, 11) is 1.48. The molecule has 0 aliphatic heterocycles. The molecule has 1 aliphatic carbocycles. The SMILES string of the molecule is COc1c(CC2(O)CC2)ccc(Cl)c1O. The van der Waals surface area contributed by atoms with Crippen LogP contribution in [-0.2, 0) is 6.42 Å². The molecule has 0 unspecified atom stereocenters. The highest BCUT2D eigenvalue weighted by atomic mass is 35.5. The Bertz CT molecular complexity index is 386. The number of methoxy groups -OCH3 is 1. The molecule has 0 atom stereocenters. The summed E-state index contributed by atoms with van der Waals surface area (Å²) in [5.74, 6) is 0.309. The Labute approximate surface area is 93.3 Å². The fourth-order valence-corrected chi connectivity index (χ4v) is 1.78. The summed E-state index contributed by atoms with van der Waals surface area (Å²) in [5.41, 5.74) is 0.187. The van der Waals surface area contributed by atoms with E-state index in [1.165, 1.54) is 7.11 Å². The van der Waals surface area contributed by atoms with Crippen molar-refractivity contribution in [2.45, 2.75) is 24.9 Å². The zero-order valence-corrected chi connectivity index (χ0v) is 9.21. The Hall–Kier alpha value is -0.930. The van der Waals surface area contributed by atoms with Gasteiger partial charge in [-0.2, -0.15) is 0 Å². The molecule has 0 bridgehead atoms. The van der Waals surface area contributed by atoms with Gasteiger partial charge in [-0.25, -0.2) is 0 Å². The van der Waals surface area contributed by atoms with Crippen molar-refractivity contribution in [1.82, 2.24) is 0 Å². The van der Waals surface area contributed by atoms with Crippen molar-refractivity contribution in [3.8, 4) is 11.5 Å². The van der Waals surface area contributed by atoms with Crippen LogP contribution in [0.2, 0.25) is 5.02 Å². The summed E-state index contributed by atoms with van der Waals surface area (Å²) in [4.78, 5) is 0. The van der Waals surface area contributed by atoms with E-state index in [-0.39, 0.29) is 10.8 Å². The Morgan fingerprint density at radius 3 is 2.67 bits per heavy atom. The van der Waals surface area contributed by atoms with Crippen molar-refractivity contribution < 1.29 is 14.9 Å². The van der Waals surface area contributed by atoms with E-state index in [1.54, 1.807) is 12.1 Å². The number of halogens is 1. The van der Waals surface area contributed by atoms with Crippen LogP contribution in [0.25, 0.3) is 0 Å². The molecule has 0 amide bonds. The summed E-state index contributed by atoms with van der Waals surface area (Å²) in [6, 6.07) is 3.39. The minimum Gasteiger partial charge on any atom is -0.503 e. The van der Waals surface area contributed by atoms with Crippen LogP contribution in [0.5, 0.6) is 11.5 Å². The van der Waals surface area contributed by atoms with Crippen molar-refractivity contribution in [3.63, 3.8) is 0 Å². The van der Waals surface area contributed by atoms with Gasteiger partial charge in [-0.1, -0.05) is 17.7 Å². The van der Waals surface area contributed by atoms with Gasteiger partial charge in [-0.3, -0.25) is 0 Å². The van der Waals surface area contributed by atoms with Gasteiger partial charge in [0.1, 0.15) is 0 Å². The zero-order valence-electron chi connectivity index (χ0n) is 8.46. The largest absolute Gasteiger partial charge is 0.503 e. The Kier molecular flexibility index (Phi) is 2.52. The second kappa shape index (κ2) is 3.58. The quantitative estimate of drug-likeness (QED) is 0.833. The number of hydrogen-bond donors (Lipinski definition) is 2. The third kappa shape index (κ3) is 2.03. The normalized spacial score (nSPS) is 17.5. The first kappa shape index (κ1) is 10.6. The van der Waals surface area contributed by atoms with Gasteiger partial charge in [0.05, 0.1) is 17.7 Å². The number of phenolic OH excluding ortho intramolecular Hbond substituents is 1. The fraction of sp³-hybridized carbons (Fsp3) is 0.455. The molecule has 0 aromatic heterocycles. The molecule has 0 saturated heterocycles. The molecular weight excluding hydrogens is 216 g/mol. The van der Waals surface area contributed by atoms with Crippen LogP contribution in [0.4, 0.5) is 0 Å². The number of rotatable bonds is 3. The zero-order chi connectivity index (χ0) is 11.1. The molecule has 4 heteroatoms. The van der Waals surface area contributed by atoms with E-state index in [2.05, 4.69) is 0 Å². The van der Waals surface area contributed by atoms with Gasteiger partial charge in [0, 0.05) is 12.0 Å². The molecule has 2 N–H and O–H groups in total. The lowest BCUT2D eigenvalue weighted by molar-refractivity contribution is 0.149. The van der Waals surface area contributed by atoms with Gasteiger partial charge in [-0.15, -0.1) is 0 Å². The molecule has 1 saturated carbocycles. The first-order valence-corrected chi connectivity index (χ1v) is 5.20. The van der Waals surface area contributed by atoms with Crippen LogP contribution >= 0.6 is 11.6 Å². The van der Waals surface area contributed by atoms with Crippen LogP contribution in [0.1, 0.15) is 18.4 Å². The number of aromatic hydroxyl groups is 1. The molecule has 1 aliphatic rings. The fourth-order valence-electron chi connectivity index (χ4n) is 1.63. The van der Waals surface area contributed by atoms with Gasteiger partial charge in [0.15, 0.2) is 11.5 Å². The number of phenols is 1. The maximum Gasteiger partial charge on any atom is 0.177 e. The Balaban J connectivity index is 2.34. The lowest BCUT2D eigenvalue weighted by Crippen LogP contribution is -2.11. The van der Waals surface area contributed by atoms with E-state index < -0.39 is 5.60 Å². The highest BCUT2D eigenvalue weighted by Crippen LogP contribution is 2.43. The van der Waals surface area contributed by atoms with Crippen molar-refractivity contribution in [1.29, 1.82) is 0 Å². The van der Waals surface area contributed by atoms with E-state index in [0.29, 0.717) is 12.2 Å². The first-order valence-electron chi connectivity index (χ1n) is 4.82. The molecule has 0 heterocycles. The Morgan fingerprint density at radius 1 is 1.47 bits per heavy atom. The molecule has 15 heavy (non-hydrogen) atoms. The standard InChI is InChI=1S/C11H13ClO3/c1-15-10-7(6-11(14)4-5-11)2-3-8(12)9(10)13/h2-3,13-14H,4-6H2,1H3. The summed E-state index contributed by atoms with van der Waals surface area (Å²) in [6.07, 6.45) is 2.11. The average Bonchev–Trinajstić information content (AvgIpc) is 2.91. The topological polar surface area (TPSA) is 49.7 Å². The molecule has 1 aromatic rings. The number of aliphatic hydroxyl groups is 1. The molecule has 1 aromatic carbocycles. The predicted molar refractivity (Wildman–Crippen MR) is 57.6 cm³/mol. The number of hydrogen-bond acceptors (Lipinski definition) is 3. The monoisotopic (exact) mass is 228 g/mol. The maximum atomic E-state index is 9.79. The Morgan fingerprint density at radius 2 is 2.13 bits per heavy atom. The molecule has 0 spiro atoms. The number of ether oxygens (including phenoxy) is 1. The third-order valence-corrected chi connectivity index (χ3v) is 3.02. The van der Waals surface area contributed by atoms with E-state index in [9.17, 15) is 10.2 Å².